The highest BCUT2D eigenvalue weighted by Crippen LogP contribution is 2.26. The zero-order valence-corrected chi connectivity index (χ0v) is 16.5. The lowest BCUT2D eigenvalue weighted by molar-refractivity contribution is 0.0944. The molecule has 7 heteroatoms. The summed E-state index contributed by atoms with van der Waals surface area (Å²) in [6, 6.07) is 8.25. The minimum Gasteiger partial charge on any atom is -0.490 e. The smallest absolute Gasteiger partial charge is 0.274 e. The lowest BCUT2D eigenvalue weighted by Gasteiger charge is -2.23. The van der Waals surface area contributed by atoms with Crippen LogP contribution in [0.15, 0.2) is 24.3 Å². The number of hydrogen-bond donors (Lipinski definition) is 2. The van der Waals surface area contributed by atoms with Crippen molar-refractivity contribution in [3.8, 4) is 5.75 Å². The first-order valence-corrected chi connectivity index (χ1v) is 10.4. The number of amides is 1. The molecule has 1 saturated carbocycles. The van der Waals surface area contributed by atoms with Crippen LogP contribution in [-0.2, 0) is 6.54 Å². The summed E-state index contributed by atoms with van der Waals surface area (Å²) < 4.78 is 8.07. The van der Waals surface area contributed by atoms with Crippen molar-refractivity contribution in [3.05, 3.63) is 41.2 Å². The predicted octanol–water partition coefficient (Wildman–Crippen LogP) is 2.76. The molecule has 1 aromatic heterocycles. The lowest BCUT2D eigenvalue weighted by Crippen LogP contribution is -2.30. The average molecular weight is 383 g/mol. The number of nitrogens with one attached hydrogen (secondary N) is 2. The molecule has 0 spiro atoms. The summed E-state index contributed by atoms with van der Waals surface area (Å²) in [5.74, 6) is 0.679. The van der Waals surface area contributed by atoms with E-state index < -0.39 is 0 Å². The quantitative estimate of drug-likeness (QED) is 0.802. The van der Waals surface area contributed by atoms with Crippen LogP contribution in [0.25, 0.3) is 0 Å². The van der Waals surface area contributed by atoms with Crippen LogP contribution in [0.4, 0.5) is 0 Å². The van der Waals surface area contributed by atoms with E-state index in [1.807, 2.05) is 35.9 Å². The molecule has 2 aromatic rings. The Balaban J connectivity index is 1.40. The molecule has 2 aliphatic rings. The number of carbonyl (C=O) groups excluding carboxylic acids is 1. The Kier molecular flexibility index (Phi) is 5.90. The fourth-order valence-electron chi connectivity index (χ4n) is 4.16. The van der Waals surface area contributed by atoms with E-state index in [-0.39, 0.29) is 5.91 Å². The van der Waals surface area contributed by atoms with Crippen LogP contribution in [0.5, 0.6) is 5.75 Å². The van der Waals surface area contributed by atoms with E-state index in [4.69, 9.17) is 4.74 Å². The molecule has 1 saturated heterocycles. The minimum absolute atomic E-state index is 0.187. The number of nitrogens with zero attached hydrogens (tertiary/aromatic N) is 3. The fourth-order valence-corrected chi connectivity index (χ4v) is 4.16. The number of benzene rings is 1. The molecule has 1 aliphatic carbocycles. The highest BCUT2D eigenvalue weighted by atomic mass is 16.5. The minimum atomic E-state index is -0.187. The first-order chi connectivity index (χ1) is 13.7. The molecule has 0 unspecified atom stereocenters. The molecule has 2 heterocycles. The Morgan fingerprint density at radius 1 is 1.21 bits per heavy atom. The Bertz CT molecular complexity index is 807. The van der Waals surface area contributed by atoms with Crippen molar-refractivity contribution in [2.24, 2.45) is 0 Å². The molecule has 1 amide bonds. The van der Waals surface area contributed by atoms with Crippen LogP contribution in [0.3, 0.4) is 0 Å². The summed E-state index contributed by atoms with van der Waals surface area (Å²) in [7, 11) is 0. The van der Waals surface area contributed by atoms with E-state index in [0.29, 0.717) is 24.4 Å². The average Bonchev–Trinajstić information content (AvgIpc) is 3.37. The van der Waals surface area contributed by atoms with E-state index >= 15 is 0 Å². The molecule has 2 fully saturated rings. The van der Waals surface area contributed by atoms with Gasteiger partial charge in [-0.25, -0.2) is 4.68 Å². The van der Waals surface area contributed by atoms with Crippen molar-refractivity contribution in [3.63, 3.8) is 0 Å². The predicted molar refractivity (Wildman–Crippen MR) is 106 cm³/mol. The number of carbonyl (C=O) groups is 1. The van der Waals surface area contributed by atoms with Gasteiger partial charge in [-0.05, 0) is 64.6 Å². The second-order valence-corrected chi connectivity index (χ2v) is 7.76. The molecule has 0 atom stereocenters. The van der Waals surface area contributed by atoms with Gasteiger partial charge in [0.2, 0.25) is 0 Å². The molecule has 7 nitrogen and oxygen atoms in total. The molecule has 2 N–H and O–H groups in total. The van der Waals surface area contributed by atoms with Crippen molar-refractivity contribution >= 4 is 5.91 Å². The Labute approximate surface area is 165 Å². The summed E-state index contributed by atoms with van der Waals surface area (Å²) >= 11 is 0. The zero-order chi connectivity index (χ0) is 19.3. The van der Waals surface area contributed by atoms with E-state index in [2.05, 4.69) is 20.9 Å². The maximum absolute atomic E-state index is 12.7. The topological polar surface area (TPSA) is 81.1 Å². The lowest BCUT2D eigenvalue weighted by atomic mass is 10.1. The van der Waals surface area contributed by atoms with Gasteiger partial charge in [-0.3, -0.25) is 4.79 Å². The molecular weight excluding hydrogens is 354 g/mol. The number of piperidine rings is 1. The molecule has 1 aliphatic heterocycles. The number of aromatic nitrogens is 3. The van der Waals surface area contributed by atoms with Gasteiger partial charge in [0.15, 0.2) is 5.69 Å². The van der Waals surface area contributed by atoms with Gasteiger partial charge in [0, 0.05) is 12.1 Å². The highest BCUT2D eigenvalue weighted by molar-refractivity contribution is 5.93. The van der Waals surface area contributed by atoms with E-state index in [1.165, 1.54) is 12.8 Å². The summed E-state index contributed by atoms with van der Waals surface area (Å²) in [5.41, 5.74) is 2.23. The monoisotopic (exact) mass is 383 g/mol. The second kappa shape index (κ2) is 8.73. The number of hydrogen-bond acceptors (Lipinski definition) is 5. The molecule has 1 aromatic carbocycles. The van der Waals surface area contributed by atoms with Crippen LogP contribution in [-0.4, -0.2) is 40.1 Å². The first kappa shape index (κ1) is 18.9. The molecule has 4 rings (SSSR count). The third-order valence-corrected chi connectivity index (χ3v) is 5.80. The standard InChI is InChI=1S/C21H29N5O2/c1-15-20(24-25-26(15)17-10-12-22-13-11-17)21(27)23-14-16-6-2-5-9-19(16)28-18-7-3-4-8-18/h2,5-6,9,17-18,22H,3-4,7-8,10-14H2,1H3,(H,23,27). The van der Waals surface area contributed by atoms with Gasteiger partial charge in [0.25, 0.3) is 5.91 Å². The van der Waals surface area contributed by atoms with Gasteiger partial charge in [0.05, 0.1) is 17.8 Å². The molecule has 150 valence electrons. The third-order valence-electron chi connectivity index (χ3n) is 5.80. The zero-order valence-electron chi connectivity index (χ0n) is 16.5. The summed E-state index contributed by atoms with van der Waals surface area (Å²) in [5, 5.41) is 14.8. The van der Waals surface area contributed by atoms with Crippen molar-refractivity contribution < 1.29 is 9.53 Å². The highest BCUT2D eigenvalue weighted by Gasteiger charge is 2.23. The van der Waals surface area contributed by atoms with Crippen LogP contribution in [0.2, 0.25) is 0 Å². The van der Waals surface area contributed by atoms with Crippen LogP contribution in [0.1, 0.15) is 66.3 Å². The first-order valence-electron chi connectivity index (χ1n) is 10.4. The fraction of sp³-hybridized carbons (Fsp3) is 0.571. The summed E-state index contributed by atoms with van der Waals surface area (Å²) in [4.78, 5) is 12.7. The van der Waals surface area contributed by atoms with Gasteiger partial charge in [-0.1, -0.05) is 23.4 Å². The largest absolute Gasteiger partial charge is 0.490 e. The van der Waals surface area contributed by atoms with Gasteiger partial charge in [-0.15, -0.1) is 5.10 Å². The van der Waals surface area contributed by atoms with Crippen molar-refractivity contribution in [1.82, 2.24) is 25.6 Å². The second-order valence-electron chi connectivity index (χ2n) is 7.76. The third kappa shape index (κ3) is 4.19. The normalized spacial score (nSPS) is 18.3. The van der Waals surface area contributed by atoms with Crippen LogP contribution < -0.4 is 15.4 Å². The van der Waals surface area contributed by atoms with E-state index in [1.54, 1.807) is 0 Å². The van der Waals surface area contributed by atoms with Gasteiger partial charge in [0.1, 0.15) is 5.75 Å². The Hall–Kier alpha value is -2.41. The molecule has 0 radical (unpaired) electrons. The van der Waals surface area contributed by atoms with Crippen molar-refractivity contribution in [2.75, 3.05) is 13.1 Å². The SMILES string of the molecule is Cc1c(C(=O)NCc2ccccc2OC2CCCC2)nnn1C1CCNCC1. The summed E-state index contributed by atoms with van der Waals surface area (Å²) in [6.45, 7) is 4.29. The van der Waals surface area contributed by atoms with Gasteiger partial charge < -0.3 is 15.4 Å². The van der Waals surface area contributed by atoms with Crippen molar-refractivity contribution in [2.45, 2.75) is 64.1 Å². The number of para-hydroxylation sites is 1. The van der Waals surface area contributed by atoms with Crippen LogP contribution >= 0.6 is 0 Å². The maximum atomic E-state index is 12.7. The van der Waals surface area contributed by atoms with E-state index in [0.717, 1.165) is 55.8 Å². The Morgan fingerprint density at radius 3 is 2.75 bits per heavy atom. The maximum Gasteiger partial charge on any atom is 0.274 e. The van der Waals surface area contributed by atoms with Crippen LogP contribution in [0, 0.1) is 6.92 Å². The van der Waals surface area contributed by atoms with Gasteiger partial charge in [-0.2, -0.15) is 0 Å². The van der Waals surface area contributed by atoms with E-state index in [9.17, 15) is 4.79 Å². The van der Waals surface area contributed by atoms with Gasteiger partial charge >= 0.3 is 0 Å². The number of ether oxygens (including phenoxy) is 1. The molecule has 28 heavy (non-hydrogen) atoms. The number of rotatable bonds is 6. The molecule has 0 bridgehead atoms. The molecular formula is C21H29N5O2. The summed E-state index contributed by atoms with van der Waals surface area (Å²) in [6.07, 6.45) is 7.00. The Morgan fingerprint density at radius 2 is 1.96 bits per heavy atom. The van der Waals surface area contributed by atoms with Crippen molar-refractivity contribution in [1.29, 1.82) is 0 Å².